The SMILES string of the molecule is CCOC(=O)c1c(-c2ccc(Cl)cc2)csc1NC(=O)COc1ccc(C(=O)Nc2cccc(Cl)c2C)cc1. The van der Waals surface area contributed by atoms with Gasteiger partial charge in [0, 0.05) is 32.2 Å². The molecule has 0 saturated carbocycles. The van der Waals surface area contributed by atoms with Crippen LogP contribution >= 0.6 is 34.5 Å². The molecule has 200 valence electrons. The van der Waals surface area contributed by atoms with Crippen molar-refractivity contribution in [2.75, 3.05) is 23.8 Å². The van der Waals surface area contributed by atoms with E-state index >= 15 is 0 Å². The minimum absolute atomic E-state index is 0.192. The van der Waals surface area contributed by atoms with E-state index in [-0.39, 0.29) is 24.7 Å². The van der Waals surface area contributed by atoms with E-state index in [1.54, 1.807) is 79.0 Å². The number of thiophene rings is 1. The van der Waals surface area contributed by atoms with Crippen molar-refractivity contribution in [1.82, 2.24) is 0 Å². The minimum Gasteiger partial charge on any atom is -0.484 e. The summed E-state index contributed by atoms with van der Waals surface area (Å²) in [6.07, 6.45) is 0. The first-order valence-corrected chi connectivity index (χ1v) is 13.5. The summed E-state index contributed by atoms with van der Waals surface area (Å²) in [5.74, 6) is -0.894. The van der Waals surface area contributed by atoms with Gasteiger partial charge in [-0.3, -0.25) is 9.59 Å². The quantitative estimate of drug-likeness (QED) is 0.199. The van der Waals surface area contributed by atoms with Gasteiger partial charge in [-0.25, -0.2) is 4.79 Å². The van der Waals surface area contributed by atoms with Crippen molar-refractivity contribution in [1.29, 1.82) is 0 Å². The van der Waals surface area contributed by atoms with Crippen LogP contribution < -0.4 is 15.4 Å². The topological polar surface area (TPSA) is 93.7 Å². The first-order chi connectivity index (χ1) is 18.8. The third-order valence-electron chi connectivity index (χ3n) is 5.68. The Hall–Kier alpha value is -3.85. The maximum Gasteiger partial charge on any atom is 0.341 e. The lowest BCUT2D eigenvalue weighted by molar-refractivity contribution is -0.118. The third-order valence-corrected chi connectivity index (χ3v) is 7.24. The van der Waals surface area contributed by atoms with E-state index in [0.717, 1.165) is 11.1 Å². The van der Waals surface area contributed by atoms with Crippen molar-refractivity contribution in [3.05, 3.63) is 98.8 Å². The maximum absolute atomic E-state index is 12.7. The van der Waals surface area contributed by atoms with Crippen LogP contribution in [0.25, 0.3) is 11.1 Å². The van der Waals surface area contributed by atoms with E-state index in [1.807, 2.05) is 6.92 Å². The average Bonchev–Trinajstić information content (AvgIpc) is 3.34. The van der Waals surface area contributed by atoms with E-state index in [1.165, 1.54) is 11.3 Å². The smallest absolute Gasteiger partial charge is 0.341 e. The van der Waals surface area contributed by atoms with Crippen LogP contribution in [0.1, 0.15) is 33.2 Å². The summed E-state index contributed by atoms with van der Waals surface area (Å²) in [5, 5.41) is 8.84. The highest BCUT2D eigenvalue weighted by molar-refractivity contribution is 7.15. The first kappa shape index (κ1) is 28.2. The van der Waals surface area contributed by atoms with Crippen LogP contribution in [0.3, 0.4) is 0 Å². The predicted octanol–water partition coefficient (Wildman–Crippen LogP) is 7.48. The lowest BCUT2D eigenvalue weighted by atomic mass is 10.0. The van der Waals surface area contributed by atoms with Crippen LogP contribution in [0.4, 0.5) is 10.7 Å². The molecule has 0 fully saturated rings. The summed E-state index contributed by atoms with van der Waals surface area (Å²) >= 11 is 13.3. The van der Waals surface area contributed by atoms with Gasteiger partial charge < -0.3 is 20.1 Å². The number of carbonyl (C=O) groups is 3. The number of esters is 1. The highest BCUT2D eigenvalue weighted by Gasteiger charge is 2.23. The van der Waals surface area contributed by atoms with Crippen LogP contribution in [0.2, 0.25) is 10.0 Å². The molecule has 0 aliphatic heterocycles. The number of carbonyl (C=O) groups excluding carboxylic acids is 3. The maximum atomic E-state index is 12.7. The molecule has 0 spiro atoms. The van der Waals surface area contributed by atoms with Gasteiger partial charge in [0.25, 0.3) is 11.8 Å². The fourth-order valence-electron chi connectivity index (χ4n) is 3.65. The first-order valence-electron chi connectivity index (χ1n) is 11.9. The Kier molecular flexibility index (Phi) is 9.24. The van der Waals surface area contributed by atoms with Gasteiger partial charge in [-0.1, -0.05) is 41.4 Å². The number of hydrogen-bond donors (Lipinski definition) is 2. The molecule has 0 aliphatic rings. The fraction of sp³-hybridized carbons (Fsp3) is 0.138. The molecule has 1 heterocycles. The van der Waals surface area contributed by atoms with Gasteiger partial charge in [-0.05, 0) is 73.5 Å². The summed E-state index contributed by atoms with van der Waals surface area (Å²) in [5.41, 5.74) is 3.48. The lowest BCUT2D eigenvalue weighted by Crippen LogP contribution is -2.21. The van der Waals surface area contributed by atoms with Crippen molar-refractivity contribution < 1.29 is 23.9 Å². The normalized spacial score (nSPS) is 10.6. The molecule has 0 saturated heterocycles. The number of ether oxygens (including phenoxy) is 2. The van der Waals surface area contributed by atoms with Crippen LogP contribution in [-0.4, -0.2) is 31.0 Å². The summed E-state index contributed by atoms with van der Waals surface area (Å²) in [6, 6.07) is 18.7. The predicted molar refractivity (Wildman–Crippen MR) is 155 cm³/mol. The monoisotopic (exact) mass is 582 g/mol. The van der Waals surface area contributed by atoms with Crippen LogP contribution in [0, 0.1) is 6.92 Å². The van der Waals surface area contributed by atoms with Crippen molar-refractivity contribution in [3.8, 4) is 16.9 Å². The van der Waals surface area contributed by atoms with Gasteiger partial charge in [0.1, 0.15) is 16.3 Å². The van der Waals surface area contributed by atoms with E-state index in [0.29, 0.717) is 37.6 Å². The van der Waals surface area contributed by atoms with Gasteiger partial charge in [0.2, 0.25) is 0 Å². The zero-order valence-corrected chi connectivity index (χ0v) is 23.4. The number of halogens is 2. The fourth-order valence-corrected chi connectivity index (χ4v) is 4.92. The van der Waals surface area contributed by atoms with Crippen molar-refractivity contribution in [3.63, 3.8) is 0 Å². The number of amides is 2. The second-order valence-corrected chi connectivity index (χ2v) is 10.0. The summed E-state index contributed by atoms with van der Waals surface area (Å²) in [7, 11) is 0. The van der Waals surface area contributed by atoms with Gasteiger partial charge in [-0.15, -0.1) is 11.3 Å². The molecule has 0 atom stereocenters. The van der Waals surface area contributed by atoms with E-state index < -0.39 is 11.9 Å². The number of nitrogens with one attached hydrogen (secondary N) is 2. The Morgan fingerprint density at radius 2 is 1.64 bits per heavy atom. The molecular weight excluding hydrogens is 559 g/mol. The van der Waals surface area contributed by atoms with Crippen LogP contribution in [0.5, 0.6) is 5.75 Å². The Morgan fingerprint density at radius 1 is 0.923 bits per heavy atom. The minimum atomic E-state index is -0.540. The molecule has 2 N–H and O–H groups in total. The van der Waals surface area contributed by atoms with E-state index in [9.17, 15) is 14.4 Å². The van der Waals surface area contributed by atoms with Crippen molar-refractivity contribution in [2.24, 2.45) is 0 Å². The number of rotatable bonds is 9. The van der Waals surface area contributed by atoms with E-state index in [2.05, 4.69) is 10.6 Å². The zero-order chi connectivity index (χ0) is 27.9. The number of hydrogen-bond acceptors (Lipinski definition) is 6. The van der Waals surface area contributed by atoms with Gasteiger partial charge in [0.05, 0.1) is 6.61 Å². The highest BCUT2D eigenvalue weighted by atomic mass is 35.5. The number of benzene rings is 3. The average molecular weight is 583 g/mol. The summed E-state index contributed by atoms with van der Waals surface area (Å²) in [6.45, 7) is 3.43. The molecule has 10 heteroatoms. The molecule has 7 nitrogen and oxygen atoms in total. The Labute approximate surface area is 239 Å². The molecule has 0 unspecified atom stereocenters. The second-order valence-electron chi connectivity index (χ2n) is 8.31. The van der Waals surface area contributed by atoms with Crippen LogP contribution in [0.15, 0.2) is 72.1 Å². The molecule has 2 amide bonds. The highest BCUT2D eigenvalue weighted by Crippen LogP contribution is 2.36. The molecule has 0 aliphatic carbocycles. The van der Waals surface area contributed by atoms with E-state index in [4.69, 9.17) is 32.7 Å². The third kappa shape index (κ3) is 6.97. The Balaban J connectivity index is 1.40. The standard InChI is InChI=1S/C29H24Cl2N2O5S/c1-3-37-29(36)26-22(18-7-11-20(30)12-8-18)16-39-28(26)33-25(34)15-38-21-13-9-19(10-14-21)27(35)32-24-6-4-5-23(31)17(24)2/h4-14,16H,3,15H2,1-2H3,(H,32,35)(H,33,34). The van der Waals surface area contributed by atoms with Crippen molar-refractivity contribution in [2.45, 2.75) is 13.8 Å². The van der Waals surface area contributed by atoms with Crippen molar-refractivity contribution >= 4 is 63.0 Å². The lowest BCUT2D eigenvalue weighted by Gasteiger charge is -2.11. The van der Waals surface area contributed by atoms with Gasteiger partial charge in [0.15, 0.2) is 6.61 Å². The molecular formula is C29H24Cl2N2O5S. The molecule has 4 rings (SSSR count). The van der Waals surface area contributed by atoms with Gasteiger partial charge >= 0.3 is 5.97 Å². The van der Waals surface area contributed by atoms with Gasteiger partial charge in [-0.2, -0.15) is 0 Å². The second kappa shape index (κ2) is 12.8. The largest absolute Gasteiger partial charge is 0.484 e. The van der Waals surface area contributed by atoms with Crippen LogP contribution in [-0.2, 0) is 9.53 Å². The Morgan fingerprint density at radius 3 is 2.33 bits per heavy atom. The molecule has 3 aromatic carbocycles. The Bertz CT molecular complexity index is 1500. The molecule has 39 heavy (non-hydrogen) atoms. The summed E-state index contributed by atoms with van der Waals surface area (Å²) < 4.78 is 10.8. The molecule has 4 aromatic rings. The summed E-state index contributed by atoms with van der Waals surface area (Å²) in [4.78, 5) is 38.0. The number of anilines is 2. The molecule has 0 radical (unpaired) electrons. The molecule has 0 bridgehead atoms. The molecule has 1 aromatic heterocycles. The zero-order valence-electron chi connectivity index (χ0n) is 21.0.